The second-order valence-corrected chi connectivity index (χ2v) is 6.09. The summed E-state index contributed by atoms with van der Waals surface area (Å²) in [6, 6.07) is 5.90. The average molecular weight is 386 g/mol. The Kier molecular flexibility index (Phi) is 5.36. The topological polar surface area (TPSA) is 162 Å². The second kappa shape index (κ2) is 7.88. The molecule has 0 saturated carbocycles. The van der Waals surface area contributed by atoms with Crippen LogP contribution in [0.25, 0.3) is 11.0 Å². The van der Waals surface area contributed by atoms with E-state index < -0.39 is 42.3 Å². The average Bonchev–Trinajstić information content (AvgIpc) is 3.06. The van der Waals surface area contributed by atoms with Gasteiger partial charge in [0.05, 0.1) is 17.6 Å². The van der Waals surface area contributed by atoms with Gasteiger partial charge < -0.3 is 15.4 Å². The van der Waals surface area contributed by atoms with Gasteiger partial charge >= 0.3 is 5.69 Å². The van der Waals surface area contributed by atoms with Gasteiger partial charge in [-0.15, -0.1) is 0 Å². The Morgan fingerprint density at radius 3 is 2.71 bits per heavy atom. The van der Waals surface area contributed by atoms with Crippen LogP contribution in [0.4, 0.5) is 5.95 Å². The lowest BCUT2D eigenvalue weighted by molar-refractivity contribution is -0.127. The van der Waals surface area contributed by atoms with Crippen molar-refractivity contribution < 1.29 is 14.7 Å². The van der Waals surface area contributed by atoms with E-state index in [0.29, 0.717) is 5.52 Å². The number of para-hydroxylation sites is 2. The first-order valence-electron chi connectivity index (χ1n) is 8.33. The van der Waals surface area contributed by atoms with E-state index in [9.17, 15) is 24.3 Å². The molecule has 0 spiro atoms. The fourth-order valence-electron chi connectivity index (χ4n) is 2.54. The predicted octanol–water partition coefficient (Wildman–Crippen LogP) is -1.16. The lowest BCUT2D eigenvalue weighted by atomic mass is 10.3. The van der Waals surface area contributed by atoms with Gasteiger partial charge in [0, 0.05) is 11.8 Å². The quantitative estimate of drug-likeness (QED) is 0.359. The van der Waals surface area contributed by atoms with Gasteiger partial charge in [-0.1, -0.05) is 12.1 Å². The molecule has 0 fully saturated rings. The molecule has 0 unspecified atom stereocenters. The molecule has 146 valence electrons. The summed E-state index contributed by atoms with van der Waals surface area (Å²) in [4.78, 5) is 56.7. The number of hydrogen-bond donors (Lipinski definition) is 5. The molecule has 0 saturated heterocycles. The van der Waals surface area contributed by atoms with Crippen molar-refractivity contribution in [2.24, 2.45) is 0 Å². The van der Waals surface area contributed by atoms with Crippen LogP contribution in [0.1, 0.15) is 5.56 Å². The fourth-order valence-corrected chi connectivity index (χ4v) is 2.54. The third-order valence-electron chi connectivity index (χ3n) is 3.97. The molecule has 28 heavy (non-hydrogen) atoms. The molecule has 2 amide bonds. The monoisotopic (exact) mass is 386 g/mol. The third kappa shape index (κ3) is 4.15. The van der Waals surface area contributed by atoms with E-state index >= 15 is 0 Å². The number of amides is 2. The maximum absolute atomic E-state index is 12.3. The second-order valence-electron chi connectivity index (χ2n) is 6.09. The highest BCUT2D eigenvalue weighted by molar-refractivity contribution is 5.97. The van der Waals surface area contributed by atoms with Crippen LogP contribution in [0.5, 0.6) is 0 Å². The summed E-state index contributed by atoms with van der Waals surface area (Å²) in [7, 11) is 0. The predicted molar refractivity (Wildman–Crippen MR) is 99.8 cm³/mol. The number of carbonyl (C=O) groups is 2. The number of nitrogens with zero attached hydrogens (tertiary/aromatic N) is 2. The number of aromatic amines is 2. The van der Waals surface area contributed by atoms with Crippen molar-refractivity contribution >= 4 is 28.8 Å². The highest BCUT2D eigenvalue weighted by atomic mass is 16.3. The number of aromatic nitrogens is 4. The molecule has 1 atom stereocenters. The molecule has 2 heterocycles. The number of nitrogens with one attached hydrogen (secondary N) is 4. The SMILES string of the molecule is Cc1cn(CC(=O)N[C@@H](CO)C(=O)Nc2nc3ccccc3[nH]2)c(=O)[nH]c1=O. The molecule has 0 bridgehead atoms. The van der Waals surface area contributed by atoms with E-state index in [0.717, 1.165) is 10.1 Å². The fraction of sp³-hybridized carbons (Fsp3) is 0.235. The number of anilines is 1. The van der Waals surface area contributed by atoms with Crippen molar-refractivity contribution in [1.82, 2.24) is 24.8 Å². The number of aryl methyl sites for hydroxylation is 1. The number of aliphatic hydroxyl groups is 1. The van der Waals surface area contributed by atoms with Crippen molar-refractivity contribution in [3.63, 3.8) is 0 Å². The van der Waals surface area contributed by atoms with Crippen LogP contribution in [0.3, 0.4) is 0 Å². The molecule has 1 aromatic carbocycles. The highest BCUT2D eigenvalue weighted by Crippen LogP contribution is 2.13. The van der Waals surface area contributed by atoms with Crippen LogP contribution in [0.2, 0.25) is 0 Å². The summed E-state index contributed by atoms with van der Waals surface area (Å²) in [5.41, 5.74) is 0.331. The minimum absolute atomic E-state index is 0.173. The van der Waals surface area contributed by atoms with Crippen molar-refractivity contribution in [2.45, 2.75) is 19.5 Å². The van der Waals surface area contributed by atoms with Crippen molar-refractivity contribution in [2.75, 3.05) is 11.9 Å². The number of rotatable bonds is 6. The molecule has 11 heteroatoms. The molecular weight excluding hydrogens is 368 g/mol. The highest BCUT2D eigenvalue weighted by Gasteiger charge is 2.21. The minimum Gasteiger partial charge on any atom is -0.394 e. The van der Waals surface area contributed by atoms with E-state index in [2.05, 4.69) is 25.6 Å². The van der Waals surface area contributed by atoms with Gasteiger partial charge in [-0.25, -0.2) is 9.78 Å². The maximum Gasteiger partial charge on any atom is 0.328 e. The minimum atomic E-state index is -1.25. The summed E-state index contributed by atoms with van der Waals surface area (Å²) >= 11 is 0. The van der Waals surface area contributed by atoms with E-state index in [1.54, 1.807) is 18.2 Å². The largest absolute Gasteiger partial charge is 0.394 e. The lowest BCUT2D eigenvalue weighted by Crippen LogP contribution is -2.48. The number of benzene rings is 1. The smallest absolute Gasteiger partial charge is 0.328 e. The van der Waals surface area contributed by atoms with E-state index in [-0.39, 0.29) is 11.5 Å². The first kappa shape index (κ1) is 19.0. The Hall–Kier alpha value is -3.73. The van der Waals surface area contributed by atoms with Gasteiger partial charge in [0.15, 0.2) is 0 Å². The lowest BCUT2D eigenvalue weighted by Gasteiger charge is -2.15. The van der Waals surface area contributed by atoms with Crippen LogP contribution < -0.4 is 21.9 Å². The third-order valence-corrected chi connectivity index (χ3v) is 3.97. The van der Waals surface area contributed by atoms with E-state index in [4.69, 9.17) is 0 Å². The Morgan fingerprint density at radius 1 is 1.25 bits per heavy atom. The van der Waals surface area contributed by atoms with E-state index in [1.165, 1.54) is 13.1 Å². The number of carbonyl (C=O) groups excluding carboxylic acids is 2. The van der Waals surface area contributed by atoms with Crippen molar-refractivity contribution in [1.29, 1.82) is 0 Å². The van der Waals surface area contributed by atoms with Crippen molar-refractivity contribution in [3.05, 3.63) is 56.9 Å². The molecular formula is C17H18N6O5. The van der Waals surface area contributed by atoms with Gasteiger partial charge in [0.2, 0.25) is 11.9 Å². The maximum atomic E-state index is 12.3. The number of H-pyrrole nitrogens is 2. The zero-order valence-electron chi connectivity index (χ0n) is 14.9. The Labute approximate surface area is 157 Å². The summed E-state index contributed by atoms with van der Waals surface area (Å²) in [6.07, 6.45) is 1.24. The van der Waals surface area contributed by atoms with Crippen LogP contribution >= 0.6 is 0 Å². The van der Waals surface area contributed by atoms with Crippen LogP contribution in [0.15, 0.2) is 40.1 Å². The van der Waals surface area contributed by atoms with Crippen LogP contribution in [-0.4, -0.2) is 49.1 Å². The normalized spacial score (nSPS) is 11.9. The molecule has 2 aromatic heterocycles. The van der Waals surface area contributed by atoms with Gasteiger partial charge in [-0.3, -0.25) is 29.3 Å². The van der Waals surface area contributed by atoms with Gasteiger partial charge in [-0.05, 0) is 19.1 Å². The molecule has 0 radical (unpaired) electrons. The Balaban J connectivity index is 1.66. The van der Waals surface area contributed by atoms with E-state index in [1.807, 2.05) is 6.07 Å². The standard InChI is InChI=1S/C17H18N6O5/c1-9-6-23(17(28)22-14(9)26)7-13(25)18-12(8-24)15(27)21-16-19-10-4-2-3-5-11(10)20-16/h2-6,12,24H,7-8H2,1H3,(H,18,25)(H,22,26,28)(H2,19,20,21,27)/t12-/m0/s1. The zero-order valence-corrected chi connectivity index (χ0v) is 14.9. The summed E-state index contributed by atoms with van der Waals surface area (Å²) in [6.45, 7) is 0.409. The molecule has 0 aliphatic heterocycles. The summed E-state index contributed by atoms with van der Waals surface area (Å²) < 4.78 is 0.998. The first-order valence-corrected chi connectivity index (χ1v) is 8.33. The Morgan fingerprint density at radius 2 is 2.00 bits per heavy atom. The summed E-state index contributed by atoms with van der Waals surface area (Å²) in [5.74, 6) is -1.20. The number of fused-ring (bicyclic) bond motifs is 1. The molecule has 0 aliphatic rings. The molecule has 3 rings (SSSR count). The number of hydrogen-bond acceptors (Lipinski definition) is 6. The summed E-state index contributed by atoms with van der Waals surface area (Å²) in [5, 5.41) is 14.3. The van der Waals surface area contributed by atoms with Crippen LogP contribution in [0, 0.1) is 6.92 Å². The molecule has 3 aromatic rings. The molecule has 0 aliphatic carbocycles. The Bertz CT molecular complexity index is 1110. The number of aliphatic hydroxyl groups excluding tert-OH is 1. The zero-order chi connectivity index (χ0) is 20.3. The van der Waals surface area contributed by atoms with Crippen molar-refractivity contribution in [3.8, 4) is 0 Å². The van der Waals surface area contributed by atoms with Crippen LogP contribution in [-0.2, 0) is 16.1 Å². The number of imidazole rings is 1. The first-order chi connectivity index (χ1) is 13.4. The van der Waals surface area contributed by atoms with Gasteiger partial charge in [0.25, 0.3) is 11.5 Å². The van der Waals surface area contributed by atoms with Gasteiger partial charge in [0.1, 0.15) is 12.6 Å². The van der Waals surface area contributed by atoms with Gasteiger partial charge in [-0.2, -0.15) is 0 Å². The molecule has 5 N–H and O–H groups in total. The molecule has 11 nitrogen and oxygen atoms in total.